The van der Waals surface area contributed by atoms with Crippen LogP contribution >= 0.6 is 23.1 Å². The van der Waals surface area contributed by atoms with E-state index in [2.05, 4.69) is 47.2 Å². The molecular formula is C13H16N2S2. The number of anilines is 1. The van der Waals surface area contributed by atoms with E-state index in [9.17, 15) is 0 Å². The van der Waals surface area contributed by atoms with Gasteiger partial charge in [-0.15, -0.1) is 0 Å². The summed E-state index contributed by atoms with van der Waals surface area (Å²) in [6.07, 6.45) is 2.53. The Morgan fingerprint density at radius 3 is 2.94 bits per heavy atom. The lowest BCUT2D eigenvalue weighted by molar-refractivity contribution is 0.666. The van der Waals surface area contributed by atoms with E-state index >= 15 is 0 Å². The van der Waals surface area contributed by atoms with Gasteiger partial charge in [0.15, 0.2) is 5.13 Å². The molecule has 0 bridgehead atoms. The molecule has 0 spiro atoms. The van der Waals surface area contributed by atoms with E-state index in [1.165, 1.54) is 34.6 Å². The van der Waals surface area contributed by atoms with E-state index in [0.717, 1.165) is 10.6 Å². The highest BCUT2D eigenvalue weighted by Gasteiger charge is 2.14. The van der Waals surface area contributed by atoms with E-state index in [-0.39, 0.29) is 0 Å². The third-order valence-corrected chi connectivity index (χ3v) is 5.11. The molecule has 0 saturated carbocycles. The molecule has 0 radical (unpaired) electrons. The molecule has 90 valence electrons. The van der Waals surface area contributed by atoms with Crippen LogP contribution in [0.4, 0.5) is 5.13 Å². The van der Waals surface area contributed by atoms with Crippen LogP contribution in [0.5, 0.6) is 0 Å². The molecule has 1 saturated heterocycles. The van der Waals surface area contributed by atoms with E-state index < -0.39 is 0 Å². The SMILES string of the molecule is Cc1ccc2sc(NC3CCSCC3)nc2c1. The molecule has 1 aromatic carbocycles. The van der Waals surface area contributed by atoms with Crippen LogP contribution in [0.2, 0.25) is 0 Å². The third kappa shape index (κ3) is 2.58. The lowest BCUT2D eigenvalue weighted by Crippen LogP contribution is -2.24. The summed E-state index contributed by atoms with van der Waals surface area (Å²) >= 11 is 3.83. The fourth-order valence-corrected chi connectivity index (χ4v) is 4.15. The van der Waals surface area contributed by atoms with Crippen molar-refractivity contribution >= 4 is 38.4 Å². The average Bonchev–Trinajstić information content (AvgIpc) is 2.71. The summed E-state index contributed by atoms with van der Waals surface area (Å²) in [6.45, 7) is 2.12. The fraction of sp³-hybridized carbons (Fsp3) is 0.462. The molecule has 17 heavy (non-hydrogen) atoms. The minimum atomic E-state index is 0.623. The van der Waals surface area contributed by atoms with Gasteiger partial charge in [-0.05, 0) is 49.0 Å². The average molecular weight is 264 g/mol. The number of fused-ring (bicyclic) bond motifs is 1. The number of benzene rings is 1. The Morgan fingerprint density at radius 2 is 2.12 bits per heavy atom. The quantitative estimate of drug-likeness (QED) is 0.890. The van der Waals surface area contributed by atoms with E-state index in [4.69, 9.17) is 0 Å². The second kappa shape index (κ2) is 4.86. The minimum Gasteiger partial charge on any atom is -0.359 e. The zero-order chi connectivity index (χ0) is 11.7. The van der Waals surface area contributed by atoms with Crippen molar-refractivity contribution < 1.29 is 0 Å². The van der Waals surface area contributed by atoms with Crippen molar-refractivity contribution in [2.75, 3.05) is 16.8 Å². The maximum Gasteiger partial charge on any atom is 0.184 e. The second-order valence-corrected chi connectivity index (χ2v) is 6.78. The number of thiazole rings is 1. The summed E-state index contributed by atoms with van der Waals surface area (Å²) in [6, 6.07) is 7.11. The number of aromatic nitrogens is 1. The maximum absolute atomic E-state index is 4.67. The van der Waals surface area contributed by atoms with Gasteiger partial charge in [-0.1, -0.05) is 17.4 Å². The first-order valence-electron chi connectivity index (χ1n) is 6.03. The van der Waals surface area contributed by atoms with Gasteiger partial charge in [0, 0.05) is 6.04 Å². The van der Waals surface area contributed by atoms with E-state index in [1.807, 2.05) is 0 Å². The lowest BCUT2D eigenvalue weighted by Gasteiger charge is -2.21. The van der Waals surface area contributed by atoms with Gasteiger partial charge in [-0.25, -0.2) is 4.98 Å². The van der Waals surface area contributed by atoms with Crippen molar-refractivity contribution in [3.05, 3.63) is 23.8 Å². The molecule has 1 aromatic heterocycles. The van der Waals surface area contributed by atoms with Crippen molar-refractivity contribution in [2.45, 2.75) is 25.8 Å². The summed E-state index contributed by atoms with van der Waals surface area (Å²) in [5.41, 5.74) is 2.41. The maximum atomic E-state index is 4.67. The van der Waals surface area contributed by atoms with Crippen molar-refractivity contribution in [1.29, 1.82) is 0 Å². The number of hydrogen-bond donors (Lipinski definition) is 1. The topological polar surface area (TPSA) is 24.9 Å². The van der Waals surface area contributed by atoms with Crippen LogP contribution in [0.1, 0.15) is 18.4 Å². The monoisotopic (exact) mass is 264 g/mol. The second-order valence-electron chi connectivity index (χ2n) is 4.52. The zero-order valence-corrected chi connectivity index (χ0v) is 11.5. The Balaban J connectivity index is 1.80. The van der Waals surface area contributed by atoms with Gasteiger partial charge in [0.1, 0.15) is 0 Å². The highest BCUT2D eigenvalue weighted by Crippen LogP contribution is 2.28. The van der Waals surface area contributed by atoms with Crippen LogP contribution in [-0.4, -0.2) is 22.5 Å². The van der Waals surface area contributed by atoms with Gasteiger partial charge in [0.05, 0.1) is 10.2 Å². The Bertz CT molecular complexity index is 515. The van der Waals surface area contributed by atoms with E-state index in [1.54, 1.807) is 11.3 Å². The summed E-state index contributed by atoms with van der Waals surface area (Å²) in [7, 11) is 0. The van der Waals surface area contributed by atoms with E-state index in [0.29, 0.717) is 6.04 Å². The van der Waals surface area contributed by atoms with Crippen molar-refractivity contribution in [3.8, 4) is 0 Å². The number of nitrogens with zero attached hydrogens (tertiary/aromatic N) is 1. The first-order chi connectivity index (χ1) is 8.31. The predicted molar refractivity (Wildman–Crippen MR) is 78.3 cm³/mol. The van der Waals surface area contributed by atoms with Crippen LogP contribution in [0.25, 0.3) is 10.2 Å². The summed E-state index contributed by atoms with van der Waals surface area (Å²) < 4.78 is 1.28. The zero-order valence-electron chi connectivity index (χ0n) is 9.90. The molecule has 1 fully saturated rings. The third-order valence-electron chi connectivity index (χ3n) is 3.09. The normalized spacial score (nSPS) is 17.5. The van der Waals surface area contributed by atoms with Crippen LogP contribution in [0.15, 0.2) is 18.2 Å². The molecule has 2 nitrogen and oxygen atoms in total. The number of rotatable bonds is 2. The Labute approximate surface area is 110 Å². The highest BCUT2D eigenvalue weighted by molar-refractivity contribution is 7.99. The number of thioether (sulfide) groups is 1. The van der Waals surface area contributed by atoms with Crippen molar-refractivity contribution in [2.24, 2.45) is 0 Å². The van der Waals surface area contributed by atoms with Crippen LogP contribution in [0.3, 0.4) is 0 Å². The van der Waals surface area contributed by atoms with Crippen LogP contribution in [-0.2, 0) is 0 Å². The van der Waals surface area contributed by atoms with Gasteiger partial charge >= 0.3 is 0 Å². The molecule has 3 rings (SSSR count). The van der Waals surface area contributed by atoms with Crippen molar-refractivity contribution in [3.63, 3.8) is 0 Å². The molecular weight excluding hydrogens is 248 g/mol. The highest BCUT2D eigenvalue weighted by atomic mass is 32.2. The molecule has 0 amide bonds. The molecule has 0 atom stereocenters. The number of nitrogens with one attached hydrogen (secondary N) is 1. The lowest BCUT2D eigenvalue weighted by atomic mass is 10.2. The van der Waals surface area contributed by atoms with Crippen LogP contribution < -0.4 is 5.32 Å². The van der Waals surface area contributed by atoms with Gasteiger partial charge in [-0.3, -0.25) is 0 Å². The summed E-state index contributed by atoms with van der Waals surface area (Å²) in [5.74, 6) is 2.56. The molecule has 4 heteroatoms. The van der Waals surface area contributed by atoms with Gasteiger partial charge in [0.2, 0.25) is 0 Å². The largest absolute Gasteiger partial charge is 0.359 e. The standard InChI is InChI=1S/C13H16N2S2/c1-9-2-3-12-11(8-9)15-13(17-12)14-10-4-6-16-7-5-10/h2-3,8,10H,4-7H2,1H3,(H,14,15). The van der Waals surface area contributed by atoms with Gasteiger partial charge in [-0.2, -0.15) is 11.8 Å². The first-order valence-corrected chi connectivity index (χ1v) is 8.00. The number of aryl methyl sites for hydroxylation is 1. The number of hydrogen-bond acceptors (Lipinski definition) is 4. The smallest absolute Gasteiger partial charge is 0.184 e. The predicted octanol–water partition coefficient (Wildman–Crippen LogP) is 3.91. The summed E-state index contributed by atoms with van der Waals surface area (Å²) in [5, 5.41) is 4.67. The Morgan fingerprint density at radius 1 is 1.29 bits per heavy atom. The fourth-order valence-electron chi connectivity index (χ4n) is 2.12. The van der Waals surface area contributed by atoms with Gasteiger partial charge < -0.3 is 5.32 Å². The van der Waals surface area contributed by atoms with Crippen molar-refractivity contribution in [1.82, 2.24) is 4.98 Å². The Hall–Kier alpha value is -0.740. The molecule has 0 aliphatic carbocycles. The summed E-state index contributed by atoms with van der Waals surface area (Å²) in [4.78, 5) is 4.67. The molecule has 1 aliphatic heterocycles. The van der Waals surface area contributed by atoms with Crippen LogP contribution in [0, 0.1) is 6.92 Å². The molecule has 0 unspecified atom stereocenters. The Kier molecular flexibility index (Phi) is 3.25. The minimum absolute atomic E-state index is 0.623. The first kappa shape index (κ1) is 11.4. The molecule has 2 aromatic rings. The molecule has 1 aliphatic rings. The molecule has 1 N–H and O–H groups in total. The molecule has 2 heterocycles. The van der Waals surface area contributed by atoms with Gasteiger partial charge in [0.25, 0.3) is 0 Å².